The van der Waals surface area contributed by atoms with Gasteiger partial charge in [0.2, 0.25) is 5.91 Å². The minimum Gasteiger partial charge on any atom is -0.486 e. The van der Waals surface area contributed by atoms with Crippen LogP contribution in [0.4, 0.5) is 5.82 Å². The second-order valence-corrected chi connectivity index (χ2v) is 11.7. The average Bonchev–Trinajstić information content (AvgIpc) is 3.24. The van der Waals surface area contributed by atoms with Crippen LogP contribution in [0.15, 0.2) is 29.2 Å². The van der Waals surface area contributed by atoms with Crippen molar-refractivity contribution in [2.75, 3.05) is 31.2 Å². The van der Waals surface area contributed by atoms with Gasteiger partial charge in [-0.25, -0.2) is 0 Å². The van der Waals surface area contributed by atoms with Gasteiger partial charge in [-0.3, -0.25) is 28.9 Å². The minimum absolute atomic E-state index is 0.0165. The Bertz CT molecular complexity index is 1250. The highest BCUT2D eigenvalue weighted by atomic mass is 16.6. The van der Waals surface area contributed by atoms with Crippen LogP contribution in [0, 0.1) is 5.41 Å². The number of rotatable bonds is 4. The van der Waals surface area contributed by atoms with Crippen LogP contribution in [0.1, 0.15) is 57.7 Å². The van der Waals surface area contributed by atoms with E-state index in [1.807, 2.05) is 21.6 Å². The highest BCUT2D eigenvalue weighted by molar-refractivity contribution is 5.96. The summed E-state index contributed by atoms with van der Waals surface area (Å²) in [6.07, 6.45) is 7.16. The van der Waals surface area contributed by atoms with Crippen molar-refractivity contribution in [1.82, 2.24) is 14.5 Å². The maximum atomic E-state index is 13.1. The third-order valence-electron chi connectivity index (χ3n) is 8.76. The molecular formula is C28H36N4O4. The molecule has 0 bridgehead atoms. The average molecular weight is 493 g/mol. The predicted octanol–water partition coefficient (Wildman–Crippen LogP) is 3.19. The number of anilines is 1. The highest BCUT2D eigenvalue weighted by Crippen LogP contribution is 2.46. The van der Waals surface area contributed by atoms with Crippen LogP contribution in [0.3, 0.4) is 0 Å². The lowest BCUT2D eigenvalue weighted by molar-refractivity contribution is -0.119. The zero-order valence-electron chi connectivity index (χ0n) is 21.6. The van der Waals surface area contributed by atoms with Gasteiger partial charge in [0.25, 0.3) is 5.56 Å². The zero-order chi connectivity index (χ0) is 25.1. The van der Waals surface area contributed by atoms with E-state index in [-0.39, 0.29) is 28.5 Å². The first-order valence-electron chi connectivity index (χ1n) is 13.3. The molecule has 36 heavy (non-hydrogen) atoms. The quantitative estimate of drug-likeness (QED) is 0.653. The van der Waals surface area contributed by atoms with Crippen LogP contribution in [0.5, 0.6) is 11.5 Å². The molecule has 6 rings (SSSR count). The standard InChI is InChI=1S/C28H36N4O4/c1-27(2,3)28(15-20-14-22-23(16-29-20)36-13-12-35-22)10-4-5-11-30(28)17-21-18-31-24(33)8-6-19-7-9-25(34)32(21)26(19)31/h6,8,14,16,21H,4-5,7,9-13,15,17-18H2,1-3H3. The summed E-state index contributed by atoms with van der Waals surface area (Å²) in [5, 5.41) is 0. The van der Waals surface area contributed by atoms with Gasteiger partial charge in [0.05, 0.1) is 12.2 Å². The van der Waals surface area contributed by atoms with E-state index in [0.29, 0.717) is 38.3 Å². The van der Waals surface area contributed by atoms with Crippen LogP contribution in [-0.2, 0) is 24.2 Å². The summed E-state index contributed by atoms with van der Waals surface area (Å²) in [7, 11) is 0. The summed E-state index contributed by atoms with van der Waals surface area (Å²) in [6.45, 7) is 10.3. The molecule has 2 unspecified atom stereocenters. The maximum Gasteiger partial charge on any atom is 0.252 e. The number of hydrogen-bond acceptors (Lipinski definition) is 6. The third kappa shape index (κ3) is 3.72. The number of piperidine rings is 1. The summed E-state index contributed by atoms with van der Waals surface area (Å²) >= 11 is 0. The molecule has 0 spiro atoms. The predicted molar refractivity (Wildman–Crippen MR) is 137 cm³/mol. The Kier molecular flexibility index (Phi) is 5.63. The van der Waals surface area contributed by atoms with Crippen LogP contribution >= 0.6 is 0 Å². The zero-order valence-corrected chi connectivity index (χ0v) is 21.6. The Hall–Kier alpha value is -2.87. The topological polar surface area (TPSA) is 76.9 Å². The van der Waals surface area contributed by atoms with Gasteiger partial charge in [0.15, 0.2) is 11.5 Å². The van der Waals surface area contributed by atoms with Crippen LogP contribution in [0.2, 0.25) is 0 Å². The number of likely N-dealkylation sites (tertiary alicyclic amines) is 1. The first-order chi connectivity index (χ1) is 17.3. The van der Waals surface area contributed by atoms with E-state index in [1.54, 1.807) is 12.3 Å². The smallest absolute Gasteiger partial charge is 0.252 e. The van der Waals surface area contributed by atoms with Crippen LogP contribution in [0.25, 0.3) is 0 Å². The van der Waals surface area contributed by atoms with Gasteiger partial charge >= 0.3 is 0 Å². The molecule has 1 amide bonds. The van der Waals surface area contributed by atoms with Gasteiger partial charge in [-0.2, -0.15) is 0 Å². The van der Waals surface area contributed by atoms with E-state index in [9.17, 15) is 9.59 Å². The monoisotopic (exact) mass is 492 g/mol. The molecule has 0 saturated carbocycles. The van der Waals surface area contributed by atoms with Crippen molar-refractivity contribution < 1.29 is 14.3 Å². The number of hydrogen-bond donors (Lipinski definition) is 0. The SMILES string of the molecule is CC(C)(C)C1(Cc2cc3c(cn2)OCCO3)CCCCN1CC1Cn2c3c(ccc2=O)CCC(=O)N31. The van der Waals surface area contributed by atoms with Gasteiger partial charge in [-0.1, -0.05) is 27.2 Å². The van der Waals surface area contributed by atoms with Crippen LogP contribution < -0.4 is 19.9 Å². The first kappa shape index (κ1) is 23.5. The Balaban J connectivity index is 1.34. The van der Waals surface area contributed by atoms with E-state index >= 15 is 0 Å². The first-order valence-corrected chi connectivity index (χ1v) is 13.3. The molecule has 192 valence electrons. The number of amides is 1. The van der Waals surface area contributed by atoms with Crippen molar-refractivity contribution >= 4 is 11.7 Å². The van der Waals surface area contributed by atoms with Crippen molar-refractivity contribution in [3.05, 3.63) is 46.0 Å². The van der Waals surface area contributed by atoms with Crippen molar-refractivity contribution in [2.45, 2.75) is 77.4 Å². The summed E-state index contributed by atoms with van der Waals surface area (Å²) in [4.78, 5) is 35.2. The lowest BCUT2D eigenvalue weighted by atomic mass is 9.65. The molecule has 0 aliphatic carbocycles. The largest absolute Gasteiger partial charge is 0.486 e. The molecule has 8 heteroatoms. The van der Waals surface area contributed by atoms with Gasteiger partial charge in [-0.05, 0) is 42.9 Å². The fourth-order valence-corrected chi connectivity index (χ4v) is 6.87. The molecular weight excluding hydrogens is 456 g/mol. The Labute approximate surface area is 212 Å². The van der Waals surface area contributed by atoms with Crippen LogP contribution in [-0.4, -0.2) is 58.2 Å². The molecule has 6 heterocycles. The molecule has 0 N–H and O–H groups in total. The number of nitrogens with zero attached hydrogens (tertiary/aromatic N) is 4. The molecule has 8 nitrogen and oxygen atoms in total. The molecule has 0 radical (unpaired) electrons. The summed E-state index contributed by atoms with van der Waals surface area (Å²) in [6, 6.07) is 5.56. The van der Waals surface area contributed by atoms with Gasteiger partial charge < -0.3 is 9.47 Å². The number of aromatic nitrogens is 2. The normalized spacial score (nSPS) is 25.7. The minimum atomic E-state index is -0.136. The fraction of sp³-hybridized carbons (Fsp3) is 0.607. The van der Waals surface area contributed by atoms with E-state index in [2.05, 4.69) is 25.7 Å². The molecule has 2 aromatic heterocycles. The fourth-order valence-electron chi connectivity index (χ4n) is 6.87. The van der Waals surface area contributed by atoms with Gasteiger partial charge in [0.1, 0.15) is 19.0 Å². The van der Waals surface area contributed by atoms with E-state index in [0.717, 1.165) is 61.6 Å². The van der Waals surface area contributed by atoms with Gasteiger partial charge in [0, 0.05) is 49.3 Å². The summed E-state index contributed by atoms with van der Waals surface area (Å²) < 4.78 is 13.4. The molecule has 4 aliphatic rings. The van der Waals surface area contributed by atoms with Crippen molar-refractivity contribution in [3.8, 4) is 11.5 Å². The number of pyridine rings is 2. The Morgan fingerprint density at radius 3 is 2.69 bits per heavy atom. The second-order valence-electron chi connectivity index (χ2n) is 11.7. The third-order valence-corrected chi connectivity index (χ3v) is 8.76. The van der Waals surface area contributed by atoms with Gasteiger partial charge in [-0.15, -0.1) is 0 Å². The number of ether oxygens (including phenoxy) is 2. The maximum absolute atomic E-state index is 13.1. The van der Waals surface area contributed by atoms with E-state index < -0.39 is 0 Å². The lowest BCUT2D eigenvalue weighted by Crippen LogP contribution is -2.63. The Morgan fingerprint density at radius 1 is 1.08 bits per heavy atom. The van der Waals surface area contributed by atoms with E-state index in [4.69, 9.17) is 14.5 Å². The van der Waals surface area contributed by atoms with Crippen molar-refractivity contribution in [2.24, 2.45) is 5.41 Å². The molecule has 2 atom stereocenters. The second kappa shape index (κ2) is 8.61. The molecule has 1 saturated heterocycles. The number of carbonyl (C=O) groups excluding carboxylic acids is 1. The Morgan fingerprint density at radius 2 is 1.89 bits per heavy atom. The number of carbonyl (C=O) groups is 1. The summed E-state index contributed by atoms with van der Waals surface area (Å²) in [5.41, 5.74) is 1.93. The summed E-state index contributed by atoms with van der Waals surface area (Å²) in [5.74, 6) is 2.45. The highest BCUT2D eigenvalue weighted by Gasteiger charge is 2.50. The number of fused-ring (bicyclic) bond motifs is 1. The van der Waals surface area contributed by atoms with E-state index in [1.165, 1.54) is 0 Å². The molecule has 0 aromatic carbocycles. The van der Waals surface area contributed by atoms with Crippen molar-refractivity contribution in [3.63, 3.8) is 0 Å². The molecule has 4 aliphatic heterocycles. The lowest BCUT2D eigenvalue weighted by Gasteiger charge is -2.56. The molecule has 1 fully saturated rings. The van der Waals surface area contributed by atoms with Crippen molar-refractivity contribution in [1.29, 1.82) is 0 Å². The molecule has 2 aromatic rings. The number of aryl methyl sites for hydroxylation is 1.